The number of aliphatic hydroxyl groups is 1. The number of nitrogens with one attached hydrogen (secondary N) is 1. The van der Waals surface area contributed by atoms with Crippen molar-refractivity contribution in [3.8, 4) is 0 Å². The van der Waals surface area contributed by atoms with Crippen LogP contribution in [0.5, 0.6) is 0 Å². The summed E-state index contributed by atoms with van der Waals surface area (Å²) in [4.78, 5) is 14.1. The van der Waals surface area contributed by atoms with E-state index in [1.165, 1.54) is 10.4 Å². The predicted molar refractivity (Wildman–Crippen MR) is 118 cm³/mol. The zero-order valence-corrected chi connectivity index (χ0v) is 18.2. The van der Waals surface area contributed by atoms with Crippen LogP contribution >= 0.6 is 22.9 Å². The molecule has 3 aromatic rings. The van der Waals surface area contributed by atoms with E-state index in [2.05, 4.69) is 24.1 Å². The first-order valence-corrected chi connectivity index (χ1v) is 11.0. The van der Waals surface area contributed by atoms with Crippen LogP contribution in [0, 0.1) is 13.8 Å². The lowest BCUT2D eigenvalue weighted by Crippen LogP contribution is -2.36. The number of benzene rings is 1. The van der Waals surface area contributed by atoms with Gasteiger partial charge in [0.2, 0.25) is 0 Å². The Kier molecular flexibility index (Phi) is 6.32. The first-order valence-electron chi connectivity index (χ1n) is 9.76. The van der Waals surface area contributed by atoms with E-state index in [1.54, 1.807) is 17.4 Å². The van der Waals surface area contributed by atoms with Crippen molar-refractivity contribution in [3.05, 3.63) is 51.1 Å². The van der Waals surface area contributed by atoms with Gasteiger partial charge in [-0.25, -0.2) is 9.97 Å². The number of thiophene rings is 1. The van der Waals surface area contributed by atoms with Gasteiger partial charge in [-0.2, -0.15) is 0 Å². The van der Waals surface area contributed by atoms with Crippen LogP contribution in [0.1, 0.15) is 27.9 Å². The lowest BCUT2D eigenvalue weighted by molar-refractivity contribution is 0.0331. The number of rotatable bonds is 6. The van der Waals surface area contributed by atoms with Gasteiger partial charge in [-0.1, -0.05) is 29.8 Å². The minimum Gasteiger partial charge on any atom is -0.387 e. The molecule has 1 atom stereocenters. The lowest BCUT2D eigenvalue weighted by atomic mass is 10.1. The molecule has 6 nitrogen and oxygen atoms in total. The Balaban J connectivity index is 1.60. The van der Waals surface area contributed by atoms with Crippen LogP contribution in [0.3, 0.4) is 0 Å². The molecule has 0 bridgehead atoms. The van der Waals surface area contributed by atoms with Crippen molar-refractivity contribution in [1.82, 2.24) is 14.9 Å². The summed E-state index contributed by atoms with van der Waals surface area (Å²) in [5, 5.41) is 15.6. The van der Waals surface area contributed by atoms with E-state index in [4.69, 9.17) is 26.3 Å². The van der Waals surface area contributed by atoms with Crippen molar-refractivity contribution in [2.24, 2.45) is 0 Å². The van der Waals surface area contributed by atoms with Gasteiger partial charge in [0.25, 0.3) is 0 Å². The number of nitrogens with zero attached hydrogens (tertiary/aromatic N) is 3. The summed E-state index contributed by atoms with van der Waals surface area (Å²) in [6.45, 7) is 8.47. The van der Waals surface area contributed by atoms with Crippen LogP contribution in [0.4, 0.5) is 5.82 Å². The molecule has 1 unspecified atom stereocenters. The average molecular weight is 433 g/mol. The number of halogens is 1. The average Bonchev–Trinajstić information content (AvgIpc) is 3.01. The van der Waals surface area contributed by atoms with E-state index in [-0.39, 0.29) is 0 Å². The molecule has 29 heavy (non-hydrogen) atoms. The van der Waals surface area contributed by atoms with Crippen molar-refractivity contribution < 1.29 is 9.84 Å². The Morgan fingerprint density at radius 2 is 2.00 bits per heavy atom. The van der Waals surface area contributed by atoms with Crippen molar-refractivity contribution in [1.29, 1.82) is 0 Å². The molecule has 8 heteroatoms. The number of anilines is 1. The summed E-state index contributed by atoms with van der Waals surface area (Å²) in [5.74, 6) is 1.56. The van der Waals surface area contributed by atoms with Crippen molar-refractivity contribution >= 4 is 39.0 Å². The van der Waals surface area contributed by atoms with E-state index < -0.39 is 6.10 Å². The van der Waals surface area contributed by atoms with E-state index in [9.17, 15) is 5.11 Å². The maximum absolute atomic E-state index is 10.6. The summed E-state index contributed by atoms with van der Waals surface area (Å²) in [7, 11) is 0. The second-order valence-electron chi connectivity index (χ2n) is 7.26. The number of hydrogen-bond acceptors (Lipinski definition) is 7. The normalized spacial score (nSPS) is 16.3. The third kappa shape index (κ3) is 4.54. The van der Waals surface area contributed by atoms with E-state index in [1.807, 2.05) is 18.2 Å². The molecule has 2 N–H and O–H groups in total. The van der Waals surface area contributed by atoms with Crippen molar-refractivity contribution in [3.63, 3.8) is 0 Å². The maximum Gasteiger partial charge on any atom is 0.146 e. The lowest BCUT2D eigenvalue weighted by Gasteiger charge is -2.26. The molecular weight excluding hydrogens is 408 g/mol. The van der Waals surface area contributed by atoms with E-state index in [0.29, 0.717) is 23.7 Å². The third-order valence-electron chi connectivity index (χ3n) is 5.27. The zero-order valence-electron chi connectivity index (χ0n) is 16.6. The molecule has 1 aromatic carbocycles. The number of aromatic nitrogens is 2. The highest BCUT2D eigenvalue weighted by molar-refractivity contribution is 7.18. The number of ether oxygens (including phenoxy) is 1. The van der Waals surface area contributed by atoms with Gasteiger partial charge in [-0.15, -0.1) is 11.3 Å². The summed E-state index contributed by atoms with van der Waals surface area (Å²) in [6, 6.07) is 7.36. The van der Waals surface area contributed by atoms with Gasteiger partial charge in [0, 0.05) is 35.1 Å². The highest BCUT2D eigenvalue weighted by Crippen LogP contribution is 2.34. The number of hydrogen-bond donors (Lipinski definition) is 2. The van der Waals surface area contributed by atoms with Gasteiger partial charge in [0.15, 0.2) is 0 Å². The Labute approximate surface area is 179 Å². The van der Waals surface area contributed by atoms with Gasteiger partial charge >= 0.3 is 0 Å². The minimum absolute atomic E-state index is 0.321. The smallest absolute Gasteiger partial charge is 0.146 e. The Hall–Kier alpha value is -1.77. The summed E-state index contributed by atoms with van der Waals surface area (Å²) in [5.41, 5.74) is 1.89. The van der Waals surface area contributed by atoms with Crippen LogP contribution in [0.25, 0.3) is 10.2 Å². The maximum atomic E-state index is 10.6. The number of aryl methyl sites for hydroxylation is 2. The Bertz CT molecular complexity index is 1000. The molecule has 4 rings (SSSR count). The monoisotopic (exact) mass is 432 g/mol. The van der Waals surface area contributed by atoms with E-state index >= 15 is 0 Å². The minimum atomic E-state index is -0.726. The van der Waals surface area contributed by atoms with Crippen LogP contribution in [-0.2, 0) is 11.3 Å². The standard InChI is InChI=1S/C21H25ClN4O2S/c1-13-14(2)29-21-19(13)20(23-11-17(27)15-5-3-4-6-16(15)22)24-18(25-21)12-26-7-9-28-10-8-26/h3-6,17,27H,7-12H2,1-2H3,(H,23,24,25). The molecule has 0 radical (unpaired) electrons. The van der Waals surface area contributed by atoms with Gasteiger partial charge in [-0.05, 0) is 25.5 Å². The molecular formula is C21H25ClN4O2S. The first-order chi connectivity index (χ1) is 14.0. The largest absolute Gasteiger partial charge is 0.387 e. The van der Waals surface area contributed by atoms with Crippen molar-refractivity contribution in [2.45, 2.75) is 26.5 Å². The van der Waals surface area contributed by atoms with Crippen LogP contribution in [0.2, 0.25) is 5.02 Å². The summed E-state index contributed by atoms with van der Waals surface area (Å²) >= 11 is 7.91. The fourth-order valence-corrected chi connectivity index (χ4v) is 4.81. The summed E-state index contributed by atoms with van der Waals surface area (Å²) in [6.07, 6.45) is -0.726. The third-order valence-corrected chi connectivity index (χ3v) is 6.72. The van der Waals surface area contributed by atoms with Crippen LogP contribution in [-0.4, -0.2) is 52.8 Å². The molecule has 1 aliphatic rings. The van der Waals surface area contributed by atoms with Gasteiger partial charge in [-0.3, -0.25) is 4.90 Å². The molecule has 154 valence electrons. The quantitative estimate of drug-likeness (QED) is 0.614. The highest BCUT2D eigenvalue weighted by atomic mass is 35.5. The molecule has 1 saturated heterocycles. The fourth-order valence-electron chi connectivity index (χ4n) is 3.50. The van der Waals surface area contributed by atoms with Gasteiger partial charge in [0.1, 0.15) is 16.5 Å². The Morgan fingerprint density at radius 3 is 2.76 bits per heavy atom. The van der Waals surface area contributed by atoms with E-state index in [0.717, 1.165) is 48.2 Å². The van der Waals surface area contributed by atoms with Crippen molar-refractivity contribution in [2.75, 3.05) is 38.2 Å². The number of aliphatic hydroxyl groups excluding tert-OH is 1. The summed E-state index contributed by atoms with van der Waals surface area (Å²) < 4.78 is 5.44. The molecule has 1 fully saturated rings. The zero-order chi connectivity index (χ0) is 20.4. The molecule has 0 saturated carbocycles. The molecule has 0 spiro atoms. The first kappa shape index (κ1) is 20.5. The fraction of sp³-hybridized carbons (Fsp3) is 0.429. The SMILES string of the molecule is Cc1sc2nc(CN3CCOCC3)nc(NCC(O)c3ccccc3Cl)c2c1C. The molecule has 0 aliphatic carbocycles. The molecule has 2 aromatic heterocycles. The predicted octanol–water partition coefficient (Wildman–Crippen LogP) is 3.94. The molecule has 0 amide bonds. The molecule has 1 aliphatic heterocycles. The number of fused-ring (bicyclic) bond motifs is 1. The second-order valence-corrected chi connectivity index (χ2v) is 8.87. The second kappa shape index (κ2) is 8.93. The molecule has 3 heterocycles. The van der Waals surface area contributed by atoms with Gasteiger partial charge in [0.05, 0.1) is 31.2 Å². The van der Waals surface area contributed by atoms with Crippen LogP contribution in [0.15, 0.2) is 24.3 Å². The Morgan fingerprint density at radius 1 is 1.24 bits per heavy atom. The van der Waals surface area contributed by atoms with Gasteiger partial charge < -0.3 is 15.2 Å². The number of morpholine rings is 1. The topological polar surface area (TPSA) is 70.5 Å². The highest BCUT2D eigenvalue weighted by Gasteiger charge is 2.19. The van der Waals surface area contributed by atoms with Crippen LogP contribution < -0.4 is 5.32 Å².